The summed E-state index contributed by atoms with van der Waals surface area (Å²) in [5.41, 5.74) is 10.5. The number of benzene rings is 5. The van der Waals surface area contributed by atoms with Crippen molar-refractivity contribution in [2.45, 2.75) is 19.8 Å². The maximum absolute atomic E-state index is 6.39. The van der Waals surface area contributed by atoms with Crippen LogP contribution in [-0.2, 0) is 0 Å². The second kappa shape index (κ2) is 8.35. The van der Waals surface area contributed by atoms with Gasteiger partial charge < -0.3 is 4.42 Å². The zero-order chi connectivity index (χ0) is 23.1. The lowest BCUT2D eigenvalue weighted by Crippen LogP contribution is -1.90. The van der Waals surface area contributed by atoms with E-state index in [4.69, 9.17) is 4.42 Å². The first kappa shape index (κ1) is 20.5. The van der Waals surface area contributed by atoms with Crippen molar-refractivity contribution in [3.63, 3.8) is 0 Å². The van der Waals surface area contributed by atoms with E-state index >= 15 is 0 Å². The molecule has 0 aliphatic carbocycles. The zero-order valence-electron chi connectivity index (χ0n) is 19.5. The van der Waals surface area contributed by atoms with Crippen LogP contribution < -0.4 is 0 Å². The average Bonchev–Trinajstić information content (AvgIpc) is 3.28. The maximum Gasteiger partial charge on any atom is 0.139 e. The Kier molecular flexibility index (Phi) is 5.04. The first-order valence-corrected chi connectivity index (χ1v) is 11.9. The Labute approximate surface area is 200 Å². The zero-order valence-corrected chi connectivity index (χ0v) is 19.5. The van der Waals surface area contributed by atoms with Crippen molar-refractivity contribution < 1.29 is 4.42 Å². The molecule has 1 aromatic heterocycles. The van der Waals surface area contributed by atoms with Crippen LogP contribution in [0.2, 0.25) is 0 Å². The highest BCUT2D eigenvalue weighted by Gasteiger charge is 2.17. The van der Waals surface area contributed by atoms with E-state index in [0.717, 1.165) is 11.2 Å². The van der Waals surface area contributed by atoms with E-state index < -0.39 is 0 Å². The molecular formula is C33H26O. The fraction of sp³-hybridized carbons (Fsp3) is 0.0909. The smallest absolute Gasteiger partial charge is 0.139 e. The minimum Gasteiger partial charge on any atom is -0.456 e. The Hall–Kier alpha value is -4.10. The molecule has 164 valence electrons. The summed E-state index contributed by atoms with van der Waals surface area (Å²) in [6.07, 6.45) is 0. The van der Waals surface area contributed by atoms with Crippen LogP contribution in [0.1, 0.15) is 25.3 Å². The van der Waals surface area contributed by atoms with Crippen molar-refractivity contribution in [2.24, 2.45) is 0 Å². The van der Waals surface area contributed by atoms with Crippen molar-refractivity contribution in [3.05, 3.63) is 121 Å². The summed E-state index contributed by atoms with van der Waals surface area (Å²) in [5, 5.41) is 2.38. The number of para-hydroxylation sites is 1. The number of hydrogen-bond donors (Lipinski definition) is 0. The van der Waals surface area contributed by atoms with Gasteiger partial charge in [-0.1, -0.05) is 111 Å². The Morgan fingerprint density at radius 1 is 0.529 bits per heavy atom. The van der Waals surface area contributed by atoms with Gasteiger partial charge in [-0.3, -0.25) is 0 Å². The van der Waals surface area contributed by atoms with E-state index in [9.17, 15) is 0 Å². The molecule has 0 atom stereocenters. The van der Waals surface area contributed by atoms with Crippen molar-refractivity contribution in [1.82, 2.24) is 0 Å². The molecule has 1 nitrogen and oxygen atoms in total. The molecule has 34 heavy (non-hydrogen) atoms. The predicted octanol–water partition coefficient (Wildman–Crippen LogP) is 9.71. The largest absolute Gasteiger partial charge is 0.456 e. The van der Waals surface area contributed by atoms with Crippen LogP contribution in [0.3, 0.4) is 0 Å². The minimum atomic E-state index is 0.393. The van der Waals surface area contributed by atoms with Gasteiger partial charge in [0.25, 0.3) is 0 Å². The van der Waals surface area contributed by atoms with E-state index in [1.54, 1.807) is 0 Å². The van der Waals surface area contributed by atoms with Crippen LogP contribution in [0.15, 0.2) is 120 Å². The van der Waals surface area contributed by atoms with Crippen molar-refractivity contribution >= 4 is 21.9 Å². The fourth-order valence-corrected chi connectivity index (χ4v) is 4.92. The van der Waals surface area contributed by atoms with Crippen molar-refractivity contribution in [3.8, 4) is 33.4 Å². The van der Waals surface area contributed by atoms with E-state index in [0.29, 0.717) is 5.92 Å². The topological polar surface area (TPSA) is 13.1 Å². The third-order valence-electron chi connectivity index (χ3n) is 6.66. The first-order valence-electron chi connectivity index (χ1n) is 11.9. The molecule has 1 heterocycles. The molecule has 6 rings (SSSR count). The molecule has 5 aromatic carbocycles. The summed E-state index contributed by atoms with van der Waals surface area (Å²) in [4.78, 5) is 0. The van der Waals surface area contributed by atoms with Crippen LogP contribution in [-0.4, -0.2) is 0 Å². The van der Waals surface area contributed by atoms with Crippen LogP contribution in [0.25, 0.3) is 55.3 Å². The molecule has 0 fully saturated rings. The van der Waals surface area contributed by atoms with Gasteiger partial charge in [-0.15, -0.1) is 0 Å². The van der Waals surface area contributed by atoms with Crippen molar-refractivity contribution in [2.75, 3.05) is 0 Å². The highest BCUT2D eigenvalue weighted by atomic mass is 16.3. The summed E-state index contributed by atoms with van der Waals surface area (Å²) in [7, 11) is 0. The molecular weight excluding hydrogens is 412 g/mol. The molecule has 0 amide bonds. The summed E-state index contributed by atoms with van der Waals surface area (Å²) in [6.45, 7) is 4.45. The Morgan fingerprint density at radius 3 is 1.85 bits per heavy atom. The normalized spacial score (nSPS) is 11.5. The van der Waals surface area contributed by atoms with Gasteiger partial charge in [-0.2, -0.15) is 0 Å². The number of hydrogen-bond acceptors (Lipinski definition) is 1. The lowest BCUT2D eigenvalue weighted by Gasteiger charge is -2.12. The maximum atomic E-state index is 6.39. The van der Waals surface area contributed by atoms with Crippen LogP contribution in [0.5, 0.6) is 0 Å². The summed E-state index contributed by atoms with van der Waals surface area (Å²) in [5.74, 6) is 0.393. The minimum absolute atomic E-state index is 0.393. The Bertz CT molecular complexity index is 1620. The van der Waals surface area contributed by atoms with Crippen LogP contribution in [0, 0.1) is 0 Å². The molecule has 0 unspecified atom stereocenters. The number of rotatable bonds is 4. The summed E-state index contributed by atoms with van der Waals surface area (Å²) >= 11 is 0. The van der Waals surface area contributed by atoms with Crippen molar-refractivity contribution in [1.29, 1.82) is 0 Å². The van der Waals surface area contributed by atoms with Crippen LogP contribution in [0.4, 0.5) is 0 Å². The standard InChI is InChI=1S/C33H26O/c1-22(2)28-18-19-29(32-30-16-6-7-17-31(30)34-33(28)32)27-15-9-14-26(21-27)25-13-8-12-24(20-25)23-10-4-3-5-11-23/h3-22H,1-2H3. The van der Waals surface area contributed by atoms with E-state index in [1.807, 2.05) is 6.07 Å². The van der Waals surface area contributed by atoms with E-state index in [1.165, 1.54) is 49.7 Å². The lowest BCUT2D eigenvalue weighted by molar-refractivity contribution is 0.657. The molecule has 0 N–H and O–H groups in total. The van der Waals surface area contributed by atoms with Gasteiger partial charge in [0, 0.05) is 10.8 Å². The quantitative estimate of drug-likeness (QED) is 0.267. The van der Waals surface area contributed by atoms with Gasteiger partial charge in [-0.25, -0.2) is 0 Å². The van der Waals surface area contributed by atoms with Gasteiger partial charge >= 0.3 is 0 Å². The molecule has 0 aliphatic rings. The van der Waals surface area contributed by atoms with Gasteiger partial charge in [0.05, 0.1) is 0 Å². The summed E-state index contributed by atoms with van der Waals surface area (Å²) < 4.78 is 6.39. The van der Waals surface area contributed by atoms with E-state index in [2.05, 4.69) is 123 Å². The molecule has 6 aromatic rings. The van der Waals surface area contributed by atoms with Gasteiger partial charge in [0.15, 0.2) is 0 Å². The highest BCUT2D eigenvalue weighted by Crippen LogP contribution is 2.41. The lowest BCUT2D eigenvalue weighted by atomic mass is 9.91. The second-order valence-corrected chi connectivity index (χ2v) is 9.19. The monoisotopic (exact) mass is 438 g/mol. The first-order chi connectivity index (χ1) is 16.7. The molecule has 0 bridgehead atoms. The SMILES string of the molecule is CC(C)c1ccc(-c2cccc(-c3cccc(-c4ccccc4)c3)c2)c2c1oc1ccccc12. The molecule has 0 radical (unpaired) electrons. The van der Waals surface area contributed by atoms with E-state index in [-0.39, 0.29) is 0 Å². The van der Waals surface area contributed by atoms with Crippen LogP contribution >= 0.6 is 0 Å². The third kappa shape index (κ3) is 3.50. The second-order valence-electron chi connectivity index (χ2n) is 9.19. The van der Waals surface area contributed by atoms with Gasteiger partial charge in [-0.05, 0) is 63.1 Å². The molecule has 1 heteroatoms. The number of furan rings is 1. The number of fused-ring (bicyclic) bond motifs is 3. The molecule has 0 saturated carbocycles. The molecule has 0 spiro atoms. The Balaban J connectivity index is 1.52. The predicted molar refractivity (Wildman–Crippen MR) is 144 cm³/mol. The van der Waals surface area contributed by atoms with Gasteiger partial charge in [0.1, 0.15) is 11.2 Å². The van der Waals surface area contributed by atoms with Gasteiger partial charge in [0.2, 0.25) is 0 Å². The summed E-state index contributed by atoms with van der Waals surface area (Å²) in [6, 6.07) is 41.1. The average molecular weight is 439 g/mol. The Morgan fingerprint density at radius 2 is 1.12 bits per heavy atom. The fourth-order valence-electron chi connectivity index (χ4n) is 4.92. The highest BCUT2D eigenvalue weighted by molar-refractivity contribution is 6.13. The molecule has 0 saturated heterocycles. The molecule has 0 aliphatic heterocycles. The third-order valence-corrected chi connectivity index (χ3v) is 6.66.